The van der Waals surface area contributed by atoms with Crippen LogP contribution in [0, 0.1) is 6.92 Å². The molecule has 0 bridgehead atoms. The molecule has 1 fully saturated rings. The Kier molecular flexibility index (Phi) is 4.04. The summed E-state index contributed by atoms with van der Waals surface area (Å²) in [5.41, 5.74) is 6.16. The van der Waals surface area contributed by atoms with Crippen LogP contribution < -0.4 is 5.73 Å². The fraction of sp³-hybridized carbons (Fsp3) is 0.583. The summed E-state index contributed by atoms with van der Waals surface area (Å²) in [7, 11) is 0. The van der Waals surface area contributed by atoms with Crippen LogP contribution in [0.2, 0.25) is 0 Å². The number of nitrogens with two attached hydrogens (primary N) is 1. The van der Waals surface area contributed by atoms with Crippen LogP contribution in [-0.2, 0) is 4.79 Å². The Morgan fingerprint density at radius 3 is 2.74 bits per heavy atom. The van der Waals surface area contributed by atoms with Crippen LogP contribution in [0.3, 0.4) is 0 Å². The molecule has 0 spiro atoms. The number of aryl methyl sites for hydroxylation is 1. The molecule has 104 valence electrons. The molecule has 1 atom stereocenters. The number of carboxylic acids is 1. The van der Waals surface area contributed by atoms with Crippen molar-refractivity contribution in [1.82, 2.24) is 9.88 Å². The van der Waals surface area contributed by atoms with E-state index in [2.05, 4.69) is 4.98 Å². The molecule has 3 N–H and O–H groups in total. The molecule has 1 aliphatic rings. The topological polar surface area (TPSA) is 96.5 Å². The third kappa shape index (κ3) is 2.86. The molecule has 6 nitrogen and oxygen atoms in total. The summed E-state index contributed by atoms with van der Waals surface area (Å²) in [4.78, 5) is 29.7. The van der Waals surface area contributed by atoms with Crippen molar-refractivity contribution in [2.75, 3.05) is 12.3 Å². The van der Waals surface area contributed by atoms with Gasteiger partial charge in [0.1, 0.15) is 10.9 Å². The van der Waals surface area contributed by atoms with Crippen LogP contribution in [0.1, 0.15) is 41.0 Å². The van der Waals surface area contributed by atoms with E-state index in [0.717, 1.165) is 30.6 Å². The highest BCUT2D eigenvalue weighted by Crippen LogP contribution is 2.25. The Balaban J connectivity index is 2.28. The molecule has 1 unspecified atom stereocenters. The number of likely N-dealkylation sites (tertiary alicyclic amines) is 1. The van der Waals surface area contributed by atoms with Crippen LogP contribution in [0.4, 0.5) is 5.13 Å². The number of carbonyl (C=O) groups excluding carboxylic acids is 1. The van der Waals surface area contributed by atoms with Crippen molar-refractivity contribution in [2.45, 2.75) is 38.6 Å². The number of carbonyl (C=O) groups is 2. The van der Waals surface area contributed by atoms with Gasteiger partial charge in [-0.05, 0) is 19.8 Å². The van der Waals surface area contributed by atoms with Crippen molar-refractivity contribution >= 4 is 28.3 Å². The normalized spacial score (nSPS) is 20.1. The van der Waals surface area contributed by atoms with Crippen LogP contribution in [0.5, 0.6) is 0 Å². The van der Waals surface area contributed by atoms with E-state index in [1.54, 1.807) is 6.92 Å². The maximum Gasteiger partial charge on any atom is 0.326 e. The van der Waals surface area contributed by atoms with Crippen LogP contribution in [0.15, 0.2) is 0 Å². The lowest BCUT2D eigenvalue weighted by atomic mass is 10.1. The van der Waals surface area contributed by atoms with Crippen molar-refractivity contribution in [3.63, 3.8) is 0 Å². The van der Waals surface area contributed by atoms with Crippen molar-refractivity contribution < 1.29 is 14.7 Å². The van der Waals surface area contributed by atoms with Crippen molar-refractivity contribution in [2.24, 2.45) is 0 Å². The van der Waals surface area contributed by atoms with Gasteiger partial charge in [0.2, 0.25) is 0 Å². The Morgan fingerprint density at radius 1 is 1.42 bits per heavy atom. The maximum absolute atomic E-state index is 12.5. The van der Waals surface area contributed by atoms with Crippen molar-refractivity contribution in [3.8, 4) is 0 Å². The third-order valence-corrected chi connectivity index (χ3v) is 4.28. The SMILES string of the molecule is Cc1nc(N)sc1C(=O)N1CCCCCC1C(=O)O. The Bertz CT molecular complexity index is 500. The van der Waals surface area contributed by atoms with Crippen LogP contribution in [0.25, 0.3) is 0 Å². The van der Waals surface area contributed by atoms with Gasteiger partial charge in [-0.1, -0.05) is 24.2 Å². The zero-order valence-corrected chi connectivity index (χ0v) is 11.6. The van der Waals surface area contributed by atoms with Crippen LogP contribution >= 0.6 is 11.3 Å². The highest BCUT2D eigenvalue weighted by atomic mass is 32.1. The number of rotatable bonds is 2. The molecule has 1 aliphatic heterocycles. The molecule has 1 aromatic rings. The molecule has 7 heteroatoms. The first-order chi connectivity index (χ1) is 9.00. The Morgan fingerprint density at radius 2 is 2.16 bits per heavy atom. The van der Waals surface area contributed by atoms with Crippen molar-refractivity contribution in [1.29, 1.82) is 0 Å². The number of amides is 1. The van der Waals surface area contributed by atoms with Gasteiger partial charge in [0.15, 0.2) is 5.13 Å². The lowest BCUT2D eigenvalue weighted by Crippen LogP contribution is -2.44. The Labute approximate surface area is 115 Å². The van der Waals surface area contributed by atoms with E-state index < -0.39 is 12.0 Å². The van der Waals surface area contributed by atoms with Gasteiger partial charge < -0.3 is 15.7 Å². The summed E-state index contributed by atoms with van der Waals surface area (Å²) in [5.74, 6) is -1.20. The van der Waals surface area contributed by atoms with Gasteiger partial charge >= 0.3 is 5.97 Å². The first-order valence-corrected chi connectivity index (χ1v) is 7.09. The lowest BCUT2D eigenvalue weighted by molar-refractivity contribution is -0.142. The zero-order chi connectivity index (χ0) is 14.0. The number of carboxylic acid groups (broad SMARTS) is 1. The standard InChI is InChI=1S/C12H17N3O3S/c1-7-9(19-12(13)14-7)10(16)15-6-4-2-3-5-8(15)11(17)18/h8H,2-6H2,1H3,(H2,13,14)(H,17,18). The quantitative estimate of drug-likeness (QED) is 0.857. The fourth-order valence-corrected chi connectivity index (χ4v) is 3.14. The summed E-state index contributed by atoms with van der Waals surface area (Å²) in [6.07, 6.45) is 3.14. The molecule has 0 radical (unpaired) electrons. The Hall–Kier alpha value is -1.63. The molecular weight excluding hydrogens is 266 g/mol. The molecule has 1 amide bonds. The largest absolute Gasteiger partial charge is 0.480 e. The molecule has 19 heavy (non-hydrogen) atoms. The van der Waals surface area contributed by atoms with Crippen molar-refractivity contribution in [3.05, 3.63) is 10.6 Å². The molecule has 1 aromatic heterocycles. The second kappa shape index (κ2) is 5.56. The number of hydrogen-bond acceptors (Lipinski definition) is 5. The summed E-state index contributed by atoms with van der Waals surface area (Å²) >= 11 is 1.12. The molecule has 0 aliphatic carbocycles. The van der Waals surface area contributed by atoms with E-state index in [0.29, 0.717) is 28.7 Å². The monoisotopic (exact) mass is 283 g/mol. The summed E-state index contributed by atoms with van der Waals surface area (Å²) < 4.78 is 0. The van der Waals surface area contributed by atoms with Gasteiger partial charge in [-0.25, -0.2) is 9.78 Å². The minimum Gasteiger partial charge on any atom is -0.480 e. The second-order valence-corrected chi connectivity index (χ2v) is 5.70. The van der Waals surface area contributed by atoms with Crippen LogP contribution in [-0.4, -0.2) is 39.5 Å². The van der Waals surface area contributed by atoms with Gasteiger partial charge in [-0.15, -0.1) is 0 Å². The van der Waals surface area contributed by atoms with E-state index >= 15 is 0 Å². The molecule has 2 heterocycles. The number of nitrogens with zero attached hydrogens (tertiary/aromatic N) is 2. The smallest absolute Gasteiger partial charge is 0.326 e. The van der Waals surface area contributed by atoms with E-state index in [4.69, 9.17) is 5.73 Å². The molecule has 2 rings (SSSR count). The first-order valence-electron chi connectivity index (χ1n) is 6.27. The lowest BCUT2D eigenvalue weighted by Gasteiger charge is -2.26. The highest BCUT2D eigenvalue weighted by Gasteiger charge is 2.32. The third-order valence-electron chi connectivity index (χ3n) is 3.31. The van der Waals surface area contributed by atoms with E-state index in [1.807, 2.05) is 0 Å². The van der Waals surface area contributed by atoms with Gasteiger partial charge in [-0.3, -0.25) is 4.79 Å². The summed E-state index contributed by atoms with van der Waals surface area (Å²) in [6.45, 7) is 2.20. The van der Waals surface area contributed by atoms with E-state index in [9.17, 15) is 14.7 Å². The van der Waals surface area contributed by atoms with Gasteiger partial charge in [0.05, 0.1) is 5.69 Å². The van der Waals surface area contributed by atoms with E-state index in [1.165, 1.54) is 4.90 Å². The van der Waals surface area contributed by atoms with Gasteiger partial charge in [-0.2, -0.15) is 0 Å². The molecule has 0 aromatic carbocycles. The van der Waals surface area contributed by atoms with Gasteiger partial charge in [0, 0.05) is 6.54 Å². The number of aromatic nitrogens is 1. The molecule has 0 saturated carbocycles. The number of aliphatic carboxylic acids is 1. The number of nitrogen functional groups attached to an aromatic ring is 1. The average molecular weight is 283 g/mol. The number of thiazole rings is 1. The predicted molar refractivity (Wildman–Crippen MR) is 72.2 cm³/mol. The minimum absolute atomic E-state index is 0.263. The van der Waals surface area contributed by atoms with Gasteiger partial charge in [0.25, 0.3) is 5.91 Å². The summed E-state index contributed by atoms with van der Waals surface area (Å²) in [6, 6.07) is -0.738. The zero-order valence-electron chi connectivity index (χ0n) is 10.8. The highest BCUT2D eigenvalue weighted by molar-refractivity contribution is 7.17. The first kappa shape index (κ1) is 13.8. The summed E-state index contributed by atoms with van der Waals surface area (Å²) in [5, 5.41) is 9.61. The predicted octanol–water partition coefficient (Wildman–Crippen LogP) is 1.50. The second-order valence-electron chi connectivity index (χ2n) is 4.67. The minimum atomic E-state index is -0.939. The molecular formula is C12H17N3O3S. The number of anilines is 1. The maximum atomic E-state index is 12.5. The van der Waals surface area contributed by atoms with E-state index in [-0.39, 0.29) is 5.91 Å². The average Bonchev–Trinajstić information content (AvgIpc) is 2.57. The molecule has 1 saturated heterocycles. The number of hydrogen-bond donors (Lipinski definition) is 2. The fourth-order valence-electron chi connectivity index (χ4n) is 2.35.